The molecule has 0 aromatic heterocycles. The lowest BCUT2D eigenvalue weighted by atomic mass is 10.1. The van der Waals surface area contributed by atoms with E-state index >= 15 is 0 Å². The van der Waals surface area contributed by atoms with E-state index in [0.717, 1.165) is 11.1 Å². The Kier molecular flexibility index (Phi) is 5.35. The maximum Gasteiger partial charge on any atom is 0.253 e. The van der Waals surface area contributed by atoms with Gasteiger partial charge in [0, 0.05) is 13.7 Å². The van der Waals surface area contributed by atoms with Crippen LogP contribution in [0.3, 0.4) is 0 Å². The molecule has 1 atom stereocenters. The van der Waals surface area contributed by atoms with Crippen LogP contribution < -0.4 is 5.32 Å². The van der Waals surface area contributed by atoms with Gasteiger partial charge in [-0.15, -0.1) is 0 Å². The van der Waals surface area contributed by atoms with E-state index in [4.69, 9.17) is 4.74 Å². The molecule has 1 N–H and O–H groups in total. The minimum absolute atomic E-state index is 0.447. The first kappa shape index (κ1) is 13.1. The highest BCUT2D eigenvalue weighted by molar-refractivity contribution is 5.22. The summed E-state index contributed by atoms with van der Waals surface area (Å²) >= 11 is 0. The Morgan fingerprint density at radius 1 is 1.31 bits per heavy atom. The molecule has 0 aliphatic carbocycles. The summed E-state index contributed by atoms with van der Waals surface area (Å²) in [7, 11) is 1.63. The van der Waals surface area contributed by atoms with Crippen molar-refractivity contribution in [1.82, 2.24) is 5.32 Å². The Morgan fingerprint density at radius 3 is 2.62 bits per heavy atom. The fourth-order valence-corrected chi connectivity index (χ4v) is 1.36. The van der Waals surface area contributed by atoms with E-state index in [0.29, 0.717) is 13.2 Å². The number of nitrogens with one attached hydrogen (secondary N) is 1. The van der Waals surface area contributed by atoms with Gasteiger partial charge in [-0.3, -0.25) is 0 Å². The maximum absolute atomic E-state index is 12.2. The summed E-state index contributed by atoms with van der Waals surface area (Å²) < 4.78 is 29.5. The van der Waals surface area contributed by atoms with Gasteiger partial charge in [-0.2, -0.15) is 0 Å². The normalized spacial score (nSPS) is 13.1. The average Bonchev–Trinajstić information content (AvgIpc) is 2.26. The number of hydrogen-bond donors (Lipinski definition) is 1. The van der Waals surface area contributed by atoms with Crippen LogP contribution in [0.1, 0.15) is 18.1 Å². The van der Waals surface area contributed by atoms with Gasteiger partial charge in [-0.05, 0) is 18.1 Å². The predicted molar refractivity (Wildman–Crippen MR) is 59.5 cm³/mol. The lowest BCUT2D eigenvalue weighted by molar-refractivity contribution is 0.105. The molecule has 1 aromatic carbocycles. The Bertz CT molecular complexity index is 318. The summed E-state index contributed by atoms with van der Waals surface area (Å²) in [6, 6.07) is 6.92. The third-order valence-electron chi connectivity index (χ3n) is 2.31. The quantitative estimate of drug-likeness (QED) is 0.809. The van der Waals surface area contributed by atoms with Crippen LogP contribution in [0.5, 0.6) is 0 Å². The van der Waals surface area contributed by atoms with Crippen molar-refractivity contribution in [1.29, 1.82) is 0 Å². The molecule has 0 amide bonds. The zero-order valence-electron chi connectivity index (χ0n) is 9.54. The average molecular weight is 229 g/mol. The molecule has 16 heavy (non-hydrogen) atoms. The van der Waals surface area contributed by atoms with Crippen LogP contribution in [0.2, 0.25) is 0 Å². The molecule has 0 radical (unpaired) electrons. The summed E-state index contributed by atoms with van der Waals surface area (Å²) in [5.41, 5.74) is 2.04. The molecule has 1 unspecified atom stereocenters. The van der Waals surface area contributed by atoms with Gasteiger partial charge in [0.1, 0.15) is 0 Å². The van der Waals surface area contributed by atoms with Crippen molar-refractivity contribution in [2.75, 3.05) is 7.11 Å². The number of ether oxygens (including phenoxy) is 1. The summed E-state index contributed by atoms with van der Waals surface area (Å²) in [5.74, 6) is 0. The number of hydrogen-bond acceptors (Lipinski definition) is 2. The molecule has 0 spiro atoms. The van der Waals surface area contributed by atoms with Crippen molar-refractivity contribution in [3.63, 3.8) is 0 Å². The number of alkyl halides is 2. The second kappa shape index (κ2) is 6.55. The molecule has 1 rings (SSSR count). The van der Waals surface area contributed by atoms with Crippen LogP contribution in [0.15, 0.2) is 24.3 Å². The van der Waals surface area contributed by atoms with Crippen LogP contribution in [0.4, 0.5) is 8.78 Å². The summed E-state index contributed by atoms with van der Waals surface area (Å²) in [6.45, 7) is 2.46. The SMILES string of the molecule is COCc1cccc(CNC(C)C(F)F)c1. The lowest BCUT2D eigenvalue weighted by Crippen LogP contribution is -2.31. The molecule has 2 nitrogen and oxygen atoms in total. The number of halogens is 2. The second-order valence-corrected chi connectivity index (χ2v) is 3.76. The molecule has 1 aromatic rings. The molecular weight excluding hydrogens is 212 g/mol. The van der Waals surface area contributed by atoms with Crippen molar-refractivity contribution in [3.05, 3.63) is 35.4 Å². The van der Waals surface area contributed by atoms with Crippen LogP contribution in [0, 0.1) is 0 Å². The van der Waals surface area contributed by atoms with E-state index in [1.807, 2.05) is 24.3 Å². The molecule has 0 aliphatic rings. The highest BCUT2D eigenvalue weighted by Crippen LogP contribution is 2.07. The van der Waals surface area contributed by atoms with Crippen LogP contribution in [-0.4, -0.2) is 19.6 Å². The molecule has 0 saturated carbocycles. The van der Waals surface area contributed by atoms with Gasteiger partial charge in [0.2, 0.25) is 0 Å². The van der Waals surface area contributed by atoms with E-state index in [1.165, 1.54) is 6.92 Å². The molecule has 4 heteroatoms. The topological polar surface area (TPSA) is 21.3 Å². The number of rotatable bonds is 6. The first-order valence-corrected chi connectivity index (χ1v) is 5.21. The fraction of sp³-hybridized carbons (Fsp3) is 0.500. The highest BCUT2D eigenvalue weighted by atomic mass is 19.3. The lowest BCUT2D eigenvalue weighted by Gasteiger charge is -2.13. The Morgan fingerprint density at radius 2 is 2.00 bits per heavy atom. The van der Waals surface area contributed by atoms with Gasteiger partial charge >= 0.3 is 0 Å². The zero-order valence-corrected chi connectivity index (χ0v) is 9.54. The minimum Gasteiger partial charge on any atom is -0.380 e. The van der Waals surface area contributed by atoms with Gasteiger partial charge in [-0.25, -0.2) is 8.78 Å². The van der Waals surface area contributed by atoms with Crippen LogP contribution >= 0.6 is 0 Å². The molecule has 0 saturated heterocycles. The van der Waals surface area contributed by atoms with Gasteiger partial charge in [0.25, 0.3) is 6.43 Å². The maximum atomic E-state index is 12.2. The van der Waals surface area contributed by atoms with Crippen molar-refractivity contribution in [3.8, 4) is 0 Å². The van der Waals surface area contributed by atoms with Crippen molar-refractivity contribution >= 4 is 0 Å². The standard InChI is InChI=1S/C12H17F2NO/c1-9(12(13)14)15-7-10-4-3-5-11(6-10)8-16-2/h3-6,9,12,15H,7-8H2,1-2H3. The van der Waals surface area contributed by atoms with Crippen LogP contribution in [-0.2, 0) is 17.9 Å². The van der Waals surface area contributed by atoms with E-state index in [9.17, 15) is 8.78 Å². The van der Waals surface area contributed by atoms with Crippen molar-refractivity contribution in [2.24, 2.45) is 0 Å². The molecule has 0 fully saturated rings. The van der Waals surface area contributed by atoms with Crippen molar-refractivity contribution < 1.29 is 13.5 Å². The minimum atomic E-state index is -2.33. The summed E-state index contributed by atoms with van der Waals surface area (Å²) in [6.07, 6.45) is -2.33. The Balaban J connectivity index is 2.50. The number of benzene rings is 1. The van der Waals surface area contributed by atoms with Gasteiger partial charge in [-0.1, -0.05) is 24.3 Å². The molecular formula is C12H17F2NO. The highest BCUT2D eigenvalue weighted by Gasteiger charge is 2.12. The van der Waals surface area contributed by atoms with E-state index < -0.39 is 12.5 Å². The van der Waals surface area contributed by atoms with Gasteiger partial charge in [0.15, 0.2) is 0 Å². The number of methoxy groups -OCH3 is 1. The second-order valence-electron chi connectivity index (χ2n) is 3.76. The predicted octanol–water partition coefficient (Wildman–Crippen LogP) is 2.58. The van der Waals surface area contributed by atoms with Gasteiger partial charge in [0.05, 0.1) is 12.6 Å². The Hall–Kier alpha value is -1.00. The van der Waals surface area contributed by atoms with E-state index in [-0.39, 0.29) is 0 Å². The van der Waals surface area contributed by atoms with Crippen molar-refractivity contribution in [2.45, 2.75) is 32.5 Å². The van der Waals surface area contributed by atoms with E-state index in [1.54, 1.807) is 7.11 Å². The fourth-order valence-electron chi connectivity index (χ4n) is 1.36. The van der Waals surface area contributed by atoms with Gasteiger partial charge < -0.3 is 10.1 Å². The largest absolute Gasteiger partial charge is 0.380 e. The molecule has 90 valence electrons. The first-order valence-electron chi connectivity index (χ1n) is 5.21. The summed E-state index contributed by atoms with van der Waals surface area (Å²) in [4.78, 5) is 0. The smallest absolute Gasteiger partial charge is 0.253 e. The molecule has 0 heterocycles. The first-order chi connectivity index (χ1) is 7.63. The molecule has 0 bridgehead atoms. The monoisotopic (exact) mass is 229 g/mol. The third-order valence-corrected chi connectivity index (χ3v) is 2.31. The molecule has 0 aliphatic heterocycles. The zero-order chi connectivity index (χ0) is 12.0. The third kappa shape index (κ3) is 4.24. The van der Waals surface area contributed by atoms with Crippen LogP contribution in [0.25, 0.3) is 0 Å². The summed E-state index contributed by atoms with van der Waals surface area (Å²) in [5, 5.41) is 2.78. The van der Waals surface area contributed by atoms with E-state index in [2.05, 4.69) is 5.32 Å². The Labute approximate surface area is 94.6 Å².